The van der Waals surface area contributed by atoms with Crippen LogP contribution in [-0.2, 0) is 19.1 Å². The van der Waals surface area contributed by atoms with E-state index in [4.69, 9.17) is 0 Å². The molecule has 0 aromatic heterocycles. The number of nitrogens with one attached hydrogen (secondary N) is 1. The number of nitrogens with zero attached hydrogens (tertiary/aromatic N) is 1. The van der Waals surface area contributed by atoms with Crippen molar-refractivity contribution in [2.24, 2.45) is 16.7 Å². The fourth-order valence-corrected chi connectivity index (χ4v) is 4.24. The Labute approximate surface area is 158 Å². The summed E-state index contributed by atoms with van der Waals surface area (Å²) < 4.78 is 4.66. The molecular weight excluding hydrogens is 348 g/mol. The van der Waals surface area contributed by atoms with E-state index in [1.807, 2.05) is 20.8 Å². The van der Waals surface area contributed by atoms with Crippen LogP contribution in [0.2, 0.25) is 0 Å². The maximum absolute atomic E-state index is 13.0. The first kappa shape index (κ1) is 19.1. The summed E-state index contributed by atoms with van der Waals surface area (Å²) in [6.07, 6.45) is 1.31. The predicted molar refractivity (Wildman–Crippen MR) is 97.7 cm³/mol. The van der Waals surface area contributed by atoms with Crippen molar-refractivity contribution in [2.75, 3.05) is 19.0 Å². The topological polar surface area (TPSA) is 92.8 Å². The van der Waals surface area contributed by atoms with Crippen LogP contribution in [0, 0.1) is 16.7 Å². The van der Waals surface area contributed by atoms with Crippen LogP contribution in [0.5, 0.6) is 0 Å². The Balaban J connectivity index is 1.75. The zero-order chi connectivity index (χ0) is 20.0. The average molecular weight is 372 g/mol. The molecule has 1 N–H and O–H groups in total. The van der Waals surface area contributed by atoms with Gasteiger partial charge in [-0.15, -0.1) is 0 Å². The van der Waals surface area contributed by atoms with E-state index >= 15 is 0 Å². The summed E-state index contributed by atoms with van der Waals surface area (Å²) in [5, 5.41) is 2.64. The molecule has 1 aromatic carbocycles. The first-order valence-corrected chi connectivity index (χ1v) is 8.96. The lowest BCUT2D eigenvalue weighted by atomic mass is 9.62. The van der Waals surface area contributed by atoms with Gasteiger partial charge in [0.25, 0.3) is 0 Å². The van der Waals surface area contributed by atoms with E-state index in [0.29, 0.717) is 24.1 Å². The van der Waals surface area contributed by atoms with E-state index in [2.05, 4.69) is 10.1 Å². The second-order valence-corrected chi connectivity index (χ2v) is 8.00. The zero-order valence-corrected chi connectivity index (χ0v) is 16.0. The van der Waals surface area contributed by atoms with Crippen LogP contribution in [0.4, 0.5) is 5.69 Å². The van der Waals surface area contributed by atoms with Crippen LogP contribution in [0.3, 0.4) is 0 Å². The van der Waals surface area contributed by atoms with Gasteiger partial charge in [-0.3, -0.25) is 19.3 Å². The molecule has 0 radical (unpaired) electrons. The molecular formula is C20H24N2O5. The number of methoxy groups -OCH3 is 1. The van der Waals surface area contributed by atoms with Crippen LogP contribution in [0.15, 0.2) is 24.3 Å². The number of hydrogen-bond acceptors (Lipinski definition) is 5. The Morgan fingerprint density at radius 1 is 1.26 bits per heavy atom. The molecule has 2 fully saturated rings. The highest BCUT2D eigenvalue weighted by Crippen LogP contribution is 2.59. The van der Waals surface area contributed by atoms with Crippen molar-refractivity contribution >= 4 is 29.4 Å². The Morgan fingerprint density at radius 3 is 2.63 bits per heavy atom. The highest BCUT2D eigenvalue weighted by atomic mass is 16.5. The van der Waals surface area contributed by atoms with Gasteiger partial charge in [-0.2, -0.15) is 0 Å². The van der Waals surface area contributed by atoms with Gasteiger partial charge < -0.3 is 10.1 Å². The molecule has 2 atom stereocenters. The van der Waals surface area contributed by atoms with Crippen molar-refractivity contribution in [2.45, 2.75) is 33.6 Å². The van der Waals surface area contributed by atoms with E-state index in [1.165, 1.54) is 13.2 Å². The van der Waals surface area contributed by atoms with Crippen LogP contribution in [0.1, 0.15) is 44.0 Å². The minimum Gasteiger partial charge on any atom is -0.465 e. The second-order valence-electron chi connectivity index (χ2n) is 8.00. The first-order chi connectivity index (χ1) is 12.6. The second kappa shape index (κ2) is 6.48. The number of piperidine rings is 1. The van der Waals surface area contributed by atoms with E-state index in [-0.39, 0.29) is 24.3 Å². The summed E-state index contributed by atoms with van der Waals surface area (Å²) >= 11 is 0. The third-order valence-corrected chi connectivity index (χ3v) is 6.38. The van der Waals surface area contributed by atoms with E-state index in [1.54, 1.807) is 18.2 Å². The number of imide groups is 1. The Kier molecular flexibility index (Phi) is 4.57. The Morgan fingerprint density at radius 2 is 1.96 bits per heavy atom. The number of carbonyl (C=O) groups is 4. The number of hydrogen-bond donors (Lipinski definition) is 1. The molecule has 2 bridgehead atoms. The van der Waals surface area contributed by atoms with E-state index < -0.39 is 22.7 Å². The SMILES string of the molecule is COC(=O)c1cccc(NC(=O)CN2C(=O)C3CCC(C)(C2=O)C3(C)C)c1. The number of ether oxygens (including phenoxy) is 1. The van der Waals surface area contributed by atoms with Gasteiger partial charge in [-0.05, 0) is 36.5 Å². The van der Waals surface area contributed by atoms with Crippen molar-refractivity contribution in [3.63, 3.8) is 0 Å². The normalized spacial score (nSPS) is 26.1. The van der Waals surface area contributed by atoms with Gasteiger partial charge in [0, 0.05) is 11.6 Å². The molecule has 1 heterocycles. The molecule has 1 saturated carbocycles. The number of likely N-dealkylation sites (tertiary alicyclic amines) is 1. The van der Waals surface area contributed by atoms with Gasteiger partial charge in [0.1, 0.15) is 6.54 Å². The molecule has 7 nitrogen and oxygen atoms in total. The maximum atomic E-state index is 13.0. The molecule has 7 heteroatoms. The Hall–Kier alpha value is -2.70. The molecule has 1 aliphatic heterocycles. The molecule has 144 valence electrons. The number of esters is 1. The number of benzene rings is 1. The van der Waals surface area contributed by atoms with Gasteiger partial charge in [0.05, 0.1) is 18.1 Å². The van der Waals surface area contributed by atoms with Crippen LogP contribution >= 0.6 is 0 Å². The highest BCUT2D eigenvalue weighted by Gasteiger charge is 2.64. The number of rotatable bonds is 4. The van der Waals surface area contributed by atoms with Gasteiger partial charge in [-0.1, -0.05) is 26.8 Å². The summed E-state index contributed by atoms with van der Waals surface area (Å²) in [6, 6.07) is 6.29. The summed E-state index contributed by atoms with van der Waals surface area (Å²) in [5.74, 6) is -1.82. The summed E-state index contributed by atoms with van der Waals surface area (Å²) in [5.41, 5.74) is -0.360. The predicted octanol–water partition coefficient (Wildman–Crippen LogP) is 2.22. The van der Waals surface area contributed by atoms with Gasteiger partial charge in [-0.25, -0.2) is 4.79 Å². The number of anilines is 1. The van der Waals surface area contributed by atoms with Crippen molar-refractivity contribution in [3.05, 3.63) is 29.8 Å². The standard InChI is InChI=1S/C20H24N2O5/c1-19(2)14-8-9-20(19,3)18(26)22(16(14)24)11-15(23)21-13-7-5-6-12(10-13)17(25)27-4/h5-7,10,14H,8-9,11H2,1-4H3,(H,21,23). The third kappa shape index (κ3) is 2.91. The molecule has 2 aliphatic rings. The van der Waals surface area contributed by atoms with E-state index in [9.17, 15) is 19.2 Å². The van der Waals surface area contributed by atoms with Crippen molar-refractivity contribution in [1.82, 2.24) is 4.90 Å². The molecule has 1 aliphatic carbocycles. The lowest BCUT2D eigenvalue weighted by Crippen LogP contribution is -2.60. The first-order valence-electron chi connectivity index (χ1n) is 8.96. The molecule has 1 aromatic rings. The van der Waals surface area contributed by atoms with Crippen LogP contribution in [-0.4, -0.2) is 42.2 Å². The lowest BCUT2D eigenvalue weighted by molar-refractivity contribution is -0.168. The minimum atomic E-state index is -0.642. The van der Waals surface area contributed by atoms with Crippen LogP contribution < -0.4 is 5.32 Å². The van der Waals surface area contributed by atoms with Gasteiger partial charge in [0.2, 0.25) is 17.7 Å². The summed E-state index contributed by atoms with van der Waals surface area (Å²) in [6.45, 7) is 5.46. The molecule has 0 spiro atoms. The monoisotopic (exact) mass is 372 g/mol. The molecule has 1 saturated heterocycles. The van der Waals surface area contributed by atoms with Crippen molar-refractivity contribution in [3.8, 4) is 0 Å². The highest BCUT2D eigenvalue weighted by molar-refractivity contribution is 6.07. The molecule has 27 heavy (non-hydrogen) atoms. The maximum Gasteiger partial charge on any atom is 0.337 e. The number of fused-ring (bicyclic) bond motifs is 2. The third-order valence-electron chi connectivity index (χ3n) is 6.38. The quantitative estimate of drug-likeness (QED) is 0.646. The van der Waals surface area contributed by atoms with Gasteiger partial charge >= 0.3 is 5.97 Å². The summed E-state index contributed by atoms with van der Waals surface area (Å²) in [4.78, 5) is 50.9. The largest absolute Gasteiger partial charge is 0.465 e. The van der Waals surface area contributed by atoms with E-state index in [0.717, 1.165) is 4.90 Å². The van der Waals surface area contributed by atoms with Crippen molar-refractivity contribution in [1.29, 1.82) is 0 Å². The fourth-order valence-electron chi connectivity index (χ4n) is 4.24. The lowest BCUT2D eigenvalue weighted by Gasteiger charge is -2.47. The van der Waals surface area contributed by atoms with Crippen molar-refractivity contribution < 1.29 is 23.9 Å². The smallest absolute Gasteiger partial charge is 0.337 e. The fraction of sp³-hybridized carbons (Fsp3) is 0.500. The number of amides is 3. The molecule has 3 amide bonds. The summed E-state index contributed by atoms with van der Waals surface area (Å²) in [7, 11) is 1.28. The Bertz CT molecular complexity index is 831. The zero-order valence-electron chi connectivity index (χ0n) is 16.0. The van der Waals surface area contributed by atoms with Gasteiger partial charge in [0.15, 0.2) is 0 Å². The minimum absolute atomic E-state index is 0.254. The number of carbonyl (C=O) groups excluding carboxylic acids is 4. The average Bonchev–Trinajstić information content (AvgIpc) is 2.82. The molecule has 2 unspecified atom stereocenters. The van der Waals surface area contributed by atoms with Crippen LogP contribution in [0.25, 0.3) is 0 Å². The molecule has 3 rings (SSSR count).